The molecule has 0 atom stereocenters. The van der Waals surface area contributed by atoms with Gasteiger partial charge in [0.1, 0.15) is 5.69 Å². The molecule has 0 unspecified atom stereocenters. The van der Waals surface area contributed by atoms with Crippen LogP contribution in [0.1, 0.15) is 6.92 Å². The van der Waals surface area contributed by atoms with Crippen molar-refractivity contribution in [3.05, 3.63) is 36.4 Å². The molecule has 0 saturated carbocycles. The molecule has 0 spiro atoms. The number of imidazole rings is 1. The van der Waals surface area contributed by atoms with Crippen molar-refractivity contribution in [2.45, 2.75) is 6.92 Å². The molecule has 0 aliphatic carbocycles. The average Bonchev–Trinajstić information content (AvgIpc) is 3.36. The molecule has 2 aromatic carbocycles. The summed E-state index contributed by atoms with van der Waals surface area (Å²) in [5.41, 5.74) is 5.00. The van der Waals surface area contributed by atoms with Gasteiger partial charge in [0.05, 0.1) is 28.0 Å². The molecule has 1 aliphatic heterocycles. The minimum atomic E-state index is -3.33. The summed E-state index contributed by atoms with van der Waals surface area (Å²) in [6.07, 6.45) is 0. The highest BCUT2D eigenvalue weighted by Crippen LogP contribution is 2.29. The van der Waals surface area contributed by atoms with E-state index in [-0.39, 0.29) is 5.75 Å². The van der Waals surface area contributed by atoms with Crippen molar-refractivity contribution in [2.75, 3.05) is 48.6 Å². The van der Waals surface area contributed by atoms with Crippen LogP contribution >= 0.6 is 0 Å². The third-order valence-corrected chi connectivity index (χ3v) is 7.08. The van der Waals surface area contributed by atoms with Gasteiger partial charge >= 0.3 is 0 Å². The summed E-state index contributed by atoms with van der Waals surface area (Å²) in [7, 11) is -1.18. The van der Waals surface area contributed by atoms with E-state index in [4.69, 9.17) is 4.98 Å². The number of aromatic nitrogens is 4. The summed E-state index contributed by atoms with van der Waals surface area (Å²) < 4.78 is 26.2. The third kappa shape index (κ3) is 3.84. The van der Waals surface area contributed by atoms with Gasteiger partial charge in [0.25, 0.3) is 0 Å². The van der Waals surface area contributed by atoms with Crippen molar-refractivity contribution in [2.24, 2.45) is 0 Å². The maximum Gasteiger partial charge on any atom is 0.232 e. The van der Waals surface area contributed by atoms with E-state index in [0.717, 1.165) is 48.1 Å². The first-order valence-corrected chi connectivity index (χ1v) is 12.0. The molecule has 1 aliphatic rings. The molecular weight excluding hydrogens is 414 g/mol. The second-order valence-corrected chi connectivity index (χ2v) is 9.93. The van der Waals surface area contributed by atoms with Gasteiger partial charge in [0.15, 0.2) is 5.82 Å². The van der Waals surface area contributed by atoms with E-state index in [9.17, 15) is 8.42 Å². The van der Waals surface area contributed by atoms with E-state index in [1.54, 1.807) is 19.1 Å². The molecule has 0 bridgehead atoms. The van der Waals surface area contributed by atoms with Crippen LogP contribution in [-0.2, 0) is 10.0 Å². The highest BCUT2D eigenvalue weighted by atomic mass is 32.2. The minimum absolute atomic E-state index is 0.0222. The highest BCUT2D eigenvalue weighted by Gasteiger charge is 2.17. The maximum absolute atomic E-state index is 11.8. The van der Waals surface area contributed by atoms with Gasteiger partial charge in [-0.25, -0.2) is 13.4 Å². The van der Waals surface area contributed by atoms with Crippen molar-refractivity contribution in [3.63, 3.8) is 0 Å². The van der Waals surface area contributed by atoms with Crippen LogP contribution in [0.4, 0.5) is 11.4 Å². The summed E-state index contributed by atoms with van der Waals surface area (Å²) >= 11 is 0. The summed E-state index contributed by atoms with van der Waals surface area (Å²) in [5, 5.41) is 8.28. The van der Waals surface area contributed by atoms with Gasteiger partial charge in [-0.15, -0.1) is 0 Å². The zero-order chi connectivity index (χ0) is 21.6. The Morgan fingerprint density at radius 3 is 2.65 bits per heavy atom. The Kier molecular flexibility index (Phi) is 4.82. The first-order chi connectivity index (χ1) is 14.9. The topological polar surface area (TPSA) is 110 Å². The predicted octanol–water partition coefficient (Wildman–Crippen LogP) is 2.62. The normalized spacial score (nSPS) is 15.7. The Hall–Kier alpha value is -3.11. The Labute approximate surface area is 180 Å². The van der Waals surface area contributed by atoms with Crippen LogP contribution in [0.2, 0.25) is 0 Å². The third-order valence-electron chi connectivity index (χ3n) is 5.77. The zero-order valence-electron chi connectivity index (χ0n) is 17.5. The summed E-state index contributed by atoms with van der Waals surface area (Å²) in [5.74, 6) is 0.702. The molecule has 0 amide bonds. The fourth-order valence-electron chi connectivity index (χ4n) is 3.89. The largest absolute Gasteiger partial charge is 0.369 e. The number of piperazine rings is 1. The summed E-state index contributed by atoms with van der Waals surface area (Å²) in [6.45, 7) is 5.74. The van der Waals surface area contributed by atoms with Crippen LogP contribution < -0.4 is 9.62 Å². The molecule has 3 N–H and O–H groups in total. The molecule has 1 saturated heterocycles. The van der Waals surface area contributed by atoms with Crippen LogP contribution in [-0.4, -0.2) is 72.5 Å². The summed E-state index contributed by atoms with van der Waals surface area (Å²) in [6, 6.07) is 11.6. The second kappa shape index (κ2) is 7.54. The van der Waals surface area contributed by atoms with E-state index in [2.05, 4.69) is 48.9 Å². The van der Waals surface area contributed by atoms with Crippen molar-refractivity contribution < 1.29 is 8.42 Å². The number of aromatic amines is 2. The molecular formula is C21H25N7O2S. The molecule has 1 fully saturated rings. The lowest BCUT2D eigenvalue weighted by atomic mass is 10.2. The van der Waals surface area contributed by atoms with Crippen LogP contribution in [0, 0.1) is 0 Å². The number of nitrogens with zero attached hydrogens (tertiary/aromatic N) is 4. The predicted molar refractivity (Wildman–Crippen MR) is 124 cm³/mol. The van der Waals surface area contributed by atoms with Gasteiger partial charge in [-0.1, -0.05) is 0 Å². The molecule has 9 nitrogen and oxygen atoms in total. The lowest BCUT2D eigenvalue weighted by molar-refractivity contribution is 0.313. The van der Waals surface area contributed by atoms with Crippen molar-refractivity contribution in [1.29, 1.82) is 0 Å². The molecule has 0 radical (unpaired) electrons. The number of sulfonamides is 1. The Morgan fingerprint density at radius 1 is 1.06 bits per heavy atom. The molecule has 2 aromatic heterocycles. The molecule has 162 valence electrons. The van der Waals surface area contributed by atoms with Gasteiger partial charge < -0.3 is 14.8 Å². The zero-order valence-corrected chi connectivity index (χ0v) is 18.3. The van der Waals surface area contributed by atoms with Crippen molar-refractivity contribution >= 4 is 43.3 Å². The van der Waals surface area contributed by atoms with Crippen molar-refractivity contribution in [3.8, 4) is 11.5 Å². The number of benzene rings is 2. The number of rotatable bonds is 5. The molecule has 3 heterocycles. The summed E-state index contributed by atoms with van der Waals surface area (Å²) in [4.78, 5) is 12.9. The average molecular weight is 440 g/mol. The van der Waals surface area contributed by atoms with Gasteiger partial charge in [-0.3, -0.25) is 9.82 Å². The highest BCUT2D eigenvalue weighted by molar-refractivity contribution is 7.92. The van der Waals surface area contributed by atoms with Gasteiger partial charge in [0.2, 0.25) is 10.0 Å². The number of likely N-dealkylation sites (N-methyl/N-ethyl adjacent to an activating group) is 1. The van der Waals surface area contributed by atoms with E-state index >= 15 is 0 Å². The van der Waals surface area contributed by atoms with Crippen LogP contribution in [0.3, 0.4) is 0 Å². The maximum atomic E-state index is 11.8. The monoisotopic (exact) mass is 439 g/mol. The molecule has 5 rings (SSSR count). The first-order valence-electron chi connectivity index (χ1n) is 10.3. The Bertz CT molecular complexity index is 1350. The quantitative estimate of drug-likeness (QED) is 0.441. The minimum Gasteiger partial charge on any atom is -0.369 e. The smallest absolute Gasteiger partial charge is 0.232 e. The molecule has 4 aromatic rings. The van der Waals surface area contributed by atoms with E-state index in [1.165, 1.54) is 5.69 Å². The number of H-pyrrole nitrogens is 2. The van der Waals surface area contributed by atoms with Crippen LogP contribution in [0.15, 0.2) is 36.4 Å². The van der Waals surface area contributed by atoms with Gasteiger partial charge in [-0.05, 0) is 50.4 Å². The molecule has 31 heavy (non-hydrogen) atoms. The fourth-order valence-corrected chi connectivity index (χ4v) is 4.52. The van der Waals surface area contributed by atoms with Crippen LogP contribution in [0.25, 0.3) is 33.5 Å². The van der Waals surface area contributed by atoms with Crippen molar-refractivity contribution in [1.82, 2.24) is 25.1 Å². The van der Waals surface area contributed by atoms with E-state index in [0.29, 0.717) is 17.2 Å². The van der Waals surface area contributed by atoms with E-state index in [1.807, 2.05) is 12.1 Å². The number of hydrogen-bond acceptors (Lipinski definition) is 6. The number of fused-ring (bicyclic) bond motifs is 2. The SMILES string of the molecule is CCS(=O)(=O)Nc1ccc2c(-c3nc4ccc(N5CCN(C)CC5)cc4[nH]3)n[nH]c2c1. The number of anilines is 2. The fraction of sp³-hybridized carbons (Fsp3) is 0.333. The Morgan fingerprint density at radius 2 is 1.87 bits per heavy atom. The number of hydrogen-bond donors (Lipinski definition) is 3. The lowest BCUT2D eigenvalue weighted by Gasteiger charge is -2.34. The van der Waals surface area contributed by atoms with Gasteiger partial charge in [0, 0.05) is 37.3 Å². The standard InChI is InChI=1S/C21H25N7O2S/c1-3-31(29,30)26-14-4-6-16-18(12-14)24-25-20(16)21-22-17-7-5-15(13-19(17)23-21)28-10-8-27(2)9-11-28/h4-7,12-13,26H,3,8-11H2,1-2H3,(H,22,23)(H,24,25). The van der Waals surface area contributed by atoms with Crippen LogP contribution in [0.5, 0.6) is 0 Å². The van der Waals surface area contributed by atoms with Gasteiger partial charge in [-0.2, -0.15) is 5.10 Å². The molecule has 10 heteroatoms. The first kappa shape index (κ1) is 19.8. The Balaban J connectivity index is 1.46. The second-order valence-electron chi connectivity index (χ2n) is 7.92. The lowest BCUT2D eigenvalue weighted by Crippen LogP contribution is -2.44. The van der Waals surface area contributed by atoms with E-state index < -0.39 is 10.0 Å². The number of nitrogens with one attached hydrogen (secondary N) is 3.